The van der Waals surface area contributed by atoms with Crippen LogP contribution in [0.25, 0.3) is 0 Å². The molecule has 1 aromatic carbocycles. The highest BCUT2D eigenvalue weighted by atomic mass is 79.9. The molecular formula is C12H10BrFN2O. The molecule has 1 aromatic heterocycles. The van der Waals surface area contributed by atoms with Crippen LogP contribution in [0.4, 0.5) is 10.1 Å². The Morgan fingerprint density at radius 1 is 1.47 bits per heavy atom. The molecule has 0 aliphatic heterocycles. The number of carbonyl (C=O) groups is 1. The number of halogens is 2. The second-order valence-electron chi connectivity index (χ2n) is 3.62. The van der Waals surface area contributed by atoms with E-state index < -0.39 is 5.82 Å². The highest BCUT2D eigenvalue weighted by molar-refractivity contribution is 9.10. The molecule has 0 aliphatic rings. The molecule has 2 rings (SSSR count). The second kappa shape index (κ2) is 4.71. The number of H-pyrrole nitrogens is 1. The van der Waals surface area contributed by atoms with Gasteiger partial charge in [-0.3, -0.25) is 4.79 Å². The van der Waals surface area contributed by atoms with Gasteiger partial charge in [-0.1, -0.05) is 0 Å². The van der Waals surface area contributed by atoms with Crippen molar-refractivity contribution >= 4 is 27.5 Å². The minimum Gasteiger partial charge on any atom is -0.357 e. The van der Waals surface area contributed by atoms with Crippen LogP contribution in [-0.2, 0) is 0 Å². The zero-order valence-corrected chi connectivity index (χ0v) is 10.6. The van der Waals surface area contributed by atoms with Gasteiger partial charge in [0.2, 0.25) is 0 Å². The lowest BCUT2D eigenvalue weighted by Crippen LogP contribution is -2.13. The van der Waals surface area contributed by atoms with Crippen molar-refractivity contribution in [1.82, 2.24) is 4.98 Å². The molecule has 0 unspecified atom stereocenters. The van der Waals surface area contributed by atoms with Gasteiger partial charge in [-0.05, 0) is 52.7 Å². The lowest BCUT2D eigenvalue weighted by molar-refractivity contribution is 0.102. The highest BCUT2D eigenvalue weighted by Crippen LogP contribution is 2.24. The molecule has 88 valence electrons. The summed E-state index contributed by atoms with van der Waals surface area (Å²) in [6.07, 6.45) is 1.66. The molecular weight excluding hydrogens is 287 g/mol. The number of aromatic nitrogens is 1. The maximum absolute atomic E-state index is 13.3. The third kappa shape index (κ3) is 2.55. The van der Waals surface area contributed by atoms with E-state index in [0.29, 0.717) is 15.9 Å². The molecule has 0 saturated carbocycles. The summed E-state index contributed by atoms with van der Waals surface area (Å²) >= 11 is 3.09. The van der Waals surface area contributed by atoms with E-state index in [2.05, 4.69) is 26.2 Å². The van der Waals surface area contributed by atoms with Gasteiger partial charge in [0, 0.05) is 11.9 Å². The number of benzene rings is 1. The predicted octanol–water partition coefficient (Wildman–Crippen LogP) is 3.48. The van der Waals surface area contributed by atoms with Crippen LogP contribution >= 0.6 is 15.9 Å². The largest absolute Gasteiger partial charge is 0.357 e. The van der Waals surface area contributed by atoms with Crippen LogP contribution in [0.3, 0.4) is 0 Å². The van der Waals surface area contributed by atoms with Crippen LogP contribution < -0.4 is 5.32 Å². The van der Waals surface area contributed by atoms with E-state index in [4.69, 9.17) is 0 Å². The summed E-state index contributed by atoms with van der Waals surface area (Å²) in [7, 11) is 0. The van der Waals surface area contributed by atoms with E-state index in [1.807, 2.05) is 0 Å². The first-order valence-electron chi connectivity index (χ1n) is 4.98. The summed E-state index contributed by atoms with van der Waals surface area (Å²) in [5.74, 6) is -0.697. The molecule has 17 heavy (non-hydrogen) atoms. The fraction of sp³-hybridized carbons (Fsp3) is 0.0833. The Morgan fingerprint density at radius 2 is 2.24 bits per heavy atom. The number of amides is 1. The number of nitrogens with one attached hydrogen (secondary N) is 2. The summed E-state index contributed by atoms with van der Waals surface area (Å²) in [6, 6.07) is 6.30. The minimum absolute atomic E-state index is 0.292. The van der Waals surface area contributed by atoms with Crippen molar-refractivity contribution in [2.75, 3.05) is 5.32 Å². The molecule has 0 bridgehead atoms. The lowest BCUT2D eigenvalue weighted by Gasteiger charge is -2.08. The first kappa shape index (κ1) is 11.9. The molecule has 0 fully saturated rings. The molecule has 2 aromatic rings. The van der Waals surface area contributed by atoms with E-state index in [1.165, 1.54) is 6.07 Å². The van der Waals surface area contributed by atoms with Gasteiger partial charge in [-0.2, -0.15) is 0 Å². The molecule has 1 heterocycles. The highest BCUT2D eigenvalue weighted by Gasteiger charge is 2.10. The summed E-state index contributed by atoms with van der Waals surface area (Å²) in [4.78, 5) is 14.5. The molecule has 0 spiro atoms. The normalized spacial score (nSPS) is 10.3. The Morgan fingerprint density at radius 3 is 2.88 bits per heavy atom. The number of carbonyl (C=O) groups excluding carboxylic acids is 1. The minimum atomic E-state index is -0.405. The topological polar surface area (TPSA) is 44.9 Å². The van der Waals surface area contributed by atoms with E-state index >= 15 is 0 Å². The van der Waals surface area contributed by atoms with E-state index in [1.54, 1.807) is 31.3 Å². The Kier molecular flexibility index (Phi) is 3.28. The standard InChI is InChI=1S/C12H10BrFN2O/c1-7-5-8(13)9(14)6-11(7)16-12(17)10-3-2-4-15-10/h2-6,15H,1H3,(H,16,17). The third-order valence-corrected chi connectivity index (χ3v) is 2.97. The van der Waals surface area contributed by atoms with Gasteiger partial charge >= 0.3 is 0 Å². The van der Waals surface area contributed by atoms with E-state index in [0.717, 1.165) is 5.56 Å². The molecule has 0 aliphatic carbocycles. The van der Waals surface area contributed by atoms with Gasteiger partial charge in [-0.25, -0.2) is 4.39 Å². The molecule has 0 atom stereocenters. The van der Waals surface area contributed by atoms with Crippen LogP contribution in [0, 0.1) is 12.7 Å². The van der Waals surface area contributed by atoms with Crippen LogP contribution in [0.1, 0.15) is 16.1 Å². The van der Waals surface area contributed by atoms with Crippen molar-refractivity contribution in [3.8, 4) is 0 Å². The molecule has 0 radical (unpaired) electrons. The van der Waals surface area contributed by atoms with Gasteiger partial charge in [-0.15, -0.1) is 0 Å². The first-order valence-corrected chi connectivity index (χ1v) is 5.77. The van der Waals surface area contributed by atoms with Crippen molar-refractivity contribution in [1.29, 1.82) is 0 Å². The Balaban J connectivity index is 2.25. The van der Waals surface area contributed by atoms with Crippen LogP contribution in [0.2, 0.25) is 0 Å². The average Bonchev–Trinajstić information content (AvgIpc) is 2.79. The van der Waals surface area contributed by atoms with Gasteiger partial charge < -0.3 is 10.3 Å². The van der Waals surface area contributed by atoms with E-state index in [-0.39, 0.29) is 5.91 Å². The SMILES string of the molecule is Cc1cc(Br)c(F)cc1NC(=O)c1ccc[nH]1. The monoisotopic (exact) mass is 296 g/mol. The summed E-state index contributed by atoms with van der Waals surface area (Å²) in [5, 5.41) is 2.65. The Bertz CT molecular complexity index is 552. The van der Waals surface area contributed by atoms with Crippen LogP contribution in [-0.4, -0.2) is 10.9 Å². The summed E-state index contributed by atoms with van der Waals surface area (Å²) in [5.41, 5.74) is 1.69. The maximum atomic E-state index is 13.3. The van der Waals surface area contributed by atoms with Gasteiger partial charge in [0.05, 0.1) is 4.47 Å². The summed E-state index contributed by atoms with van der Waals surface area (Å²) in [6.45, 7) is 1.80. The number of aromatic amines is 1. The Hall–Kier alpha value is -1.62. The predicted molar refractivity (Wildman–Crippen MR) is 67.6 cm³/mol. The lowest BCUT2D eigenvalue weighted by atomic mass is 10.2. The van der Waals surface area contributed by atoms with Gasteiger partial charge in [0.1, 0.15) is 11.5 Å². The van der Waals surface area contributed by atoms with Crippen LogP contribution in [0.5, 0.6) is 0 Å². The molecule has 5 heteroatoms. The fourth-order valence-corrected chi connectivity index (χ4v) is 1.90. The summed E-state index contributed by atoms with van der Waals surface area (Å²) < 4.78 is 13.7. The molecule has 2 N–H and O–H groups in total. The number of aryl methyl sites for hydroxylation is 1. The Labute approximate surface area is 106 Å². The van der Waals surface area contributed by atoms with Crippen molar-refractivity contribution in [3.05, 3.63) is 52.0 Å². The average molecular weight is 297 g/mol. The molecule has 1 amide bonds. The number of hydrogen-bond donors (Lipinski definition) is 2. The smallest absolute Gasteiger partial charge is 0.272 e. The van der Waals surface area contributed by atoms with Crippen molar-refractivity contribution < 1.29 is 9.18 Å². The van der Waals surface area contributed by atoms with Crippen molar-refractivity contribution in [2.24, 2.45) is 0 Å². The quantitative estimate of drug-likeness (QED) is 0.876. The fourth-order valence-electron chi connectivity index (χ4n) is 1.44. The van der Waals surface area contributed by atoms with Crippen molar-refractivity contribution in [2.45, 2.75) is 6.92 Å². The van der Waals surface area contributed by atoms with Crippen molar-refractivity contribution in [3.63, 3.8) is 0 Å². The van der Waals surface area contributed by atoms with E-state index in [9.17, 15) is 9.18 Å². The maximum Gasteiger partial charge on any atom is 0.272 e. The van der Waals surface area contributed by atoms with Gasteiger partial charge in [0.25, 0.3) is 5.91 Å². The molecule has 0 saturated heterocycles. The third-order valence-electron chi connectivity index (χ3n) is 2.36. The first-order chi connectivity index (χ1) is 8.08. The number of hydrogen-bond acceptors (Lipinski definition) is 1. The van der Waals surface area contributed by atoms with Crippen LogP contribution in [0.15, 0.2) is 34.9 Å². The number of anilines is 1. The zero-order chi connectivity index (χ0) is 12.4. The molecule has 3 nitrogen and oxygen atoms in total. The zero-order valence-electron chi connectivity index (χ0n) is 9.05. The number of rotatable bonds is 2. The van der Waals surface area contributed by atoms with Gasteiger partial charge in [0.15, 0.2) is 0 Å². The second-order valence-corrected chi connectivity index (χ2v) is 4.47.